The van der Waals surface area contributed by atoms with Crippen molar-refractivity contribution in [1.82, 2.24) is 4.98 Å². The molecule has 0 saturated carbocycles. The van der Waals surface area contributed by atoms with Crippen LogP contribution in [0.5, 0.6) is 0 Å². The zero-order chi connectivity index (χ0) is 31.7. The number of ether oxygens (including phenoxy) is 2. The zero-order valence-electron chi connectivity index (χ0n) is 25.9. The fourth-order valence-corrected chi connectivity index (χ4v) is 5.79. The summed E-state index contributed by atoms with van der Waals surface area (Å²) in [6.07, 6.45) is 11.9. The van der Waals surface area contributed by atoms with E-state index in [1.54, 1.807) is 6.08 Å². The topological polar surface area (TPSA) is 126 Å². The number of carbonyl (C=O) groups is 2. The van der Waals surface area contributed by atoms with Crippen LogP contribution < -0.4 is 10.7 Å². The van der Waals surface area contributed by atoms with Crippen molar-refractivity contribution < 1.29 is 24.2 Å². The Balaban J connectivity index is 1.79. The van der Waals surface area contributed by atoms with Gasteiger partial charge in [-0.3, -0.25) is 9.59 Å². The van der Waals surface area contributed by atoms with E-state index in [9.17, 15) is 14.7 Å². The van der Waals surface area contributed by atoms with E-state index in [2.05, 4.69) is 11.6 Å². The van der Waals surface area contributed by atoms with Gasteiger partial charge in [-0.15, -0.1) is 0 Å². The molecule has 1 aromatic heterocycles. The molecule has 0 radical (unpaired) electrons. The van der Waals surface area contributed by atoms with Crippen LogP contribution in [0.25, 0.3) is 18.2 Å². The molecular formula is C35H36N4O5. The summed E-state index contributed by atoms with van der Waals surface area (Å²) in [5.41, 5.74) is 11.2. The van der Waals surface area contributed by atoms with Gasteiger partial charge in [-0.25, -0.2) is 15.0 Å². The quantitative estimate of drug-likeness (QED) is 0.343. The van der Waals surface area contributed by atoms with Crippen LogP contribution in [0.1, 0.15) is 57.6 Å². The molecule has 0 amide bonds. The van der Waals surface area contributed by atoms with Gasteiger partial charge in [0.2, 0.25) is 0 Å². The maximum atomic E-state index is 12.1. The second kappa shape index (κ2) is 12.3. The van der Waals surface area contributed by atoms with Crippen LogP contribution in [0.3, 0.4) is 0 Å². The minimum Gasteiger partial charge on any atom is -0.515 e. The highest BCUT2D eigenvalue weighted by Crippen LogP contribution is 2.36. The summed E-state index contributed by atoms with van der Waals surface area (Å²) in [7, 11) is 2.76. The largest absolute Gasteiger partial charge is 0.515 e. The van der Waals surface area contributed by atoms with E-state index in [0.29, 0.717) is 46.9 Å². The number of nitrogens with zero attached hydrogens (tertiary/aromatic N) is 3. The normalized spacial score (nSPS) is 18.4. The van der Waals surface area contributed by atoms with Crippen LogP contribution in [0.15, 0.2) is 90.5 Å². The van der Waals surface area contributed by atoms with Crippen molar-refractivity contribution in [3.8, 4) is 0 Å². The summed E-state index contributed by atoms with van der Waals surface area (Å²) in [6, 6.07) is 0. The third-order valence-corrected chi connectivity index (χ3v) is 8.50. The van der Waals surface area contributed by atoms with Crippen LogP contribution in [-0.2, 0) is 19.1 Å². The molecule has 9 heteroatoms. The summed E-state index contributed by atoms with van der Waals surface area (Å²) < 4.78 is 9.84. The molecule has 226 valence electrons. The van der Waals surface area contributed by atoms with Gasteiger partial charge in [-0.05, 0) is 98.3 Å². The molecule has 44 heavy (non-hydrogen) atoms. The van der Waals surface area contributed by atoms with Crippen LogP contribution in [0.4, 0.5) is 0 Å². The van der Waals surface area contributed by atoms with E-state index in [1.165, 1.54) is 14.2 Å². The molecule has 5 rings (SSSR count). The molecule has 9 nitrogen and oxygen atoms in total. The lowest BCUT2D eigenvalue weighted by molar-refractivity contribution is -0.141. The molecule has 0 saturated heterocycles. The number of aliphatic hydroxyl groups excluding tert-OH is 1. The predicted octanol–water partition coefficient (Wildman–Crippen LogP) is 4.93. The third-order valence-electron chi connectivity index (χ3n) is 8.50. The van der Waals surface area contributed by atoms with Gasteiger partial charge in [0.15, 0.2) is 0 Å². The van der Waals surface area contributed by atoms with Gasteiger partial charge in [-0.1, -0.05) is 12.7 Å². The Morgan fingerprint density at radius 2 is 1.43 bits per heavy atom. The van der Waals surface area contributed by atoms with Crippen molar-refractivity contribution in [1.29, 1.82) is 0 Å². The molecule has 1 aromatic rings. The van der Waals surface area contributed by atoms with Crippen molar-refractivity contribution in [2.75, 3.05) is 14.2 Å². The smallest absolute Gasteiger partial charge is 0.305 e. The Bertz CT molecular complexity index is 1920. The molecule has 0 spiro atoms. The average Bonchev–Trinajstić information content (AvgIpc) is 3.67. The molecule has 0 fully saturated rings. The molecule has 2 N–H and O–H groups in total. The van der Waals surface area contributed by atoms with Crippen LogP contribution in [-0.4, -0.2) is 53.4 Å². The molecule has 5 heterocycles. The van der Waals surface area contributed by atoms with Gasteiger partial charge >= 0.3 is 11.9 Å². The lowest BCUT2D eigenvalue weighted by atomic mass is 9.96. The van der Waals surface area contributed by atoms with E-state index in [4.69, 9.17) is 24.5 Å². The Labute approximate surface area is 256 Å². The summed E-state index contributed by atoms with van der Waals surface area (Å²) in [4.78, 5) is 42.7. The summed E-state index contributed by atoms with van der Waals surface area (Å²) in [5, 5.41) is 11.8. The molecule has 0 atom stereocenters. The molecular weight excluding hydrogens is 556 g/mol. The van der Waals surface area contributed by atoms with Gasteiger partial charge < -0.3 is 19.6 Å². The number of esters is 2. The van der Waals surface area contributed by atoms with Crippen molar-refractivity contribution in [3.63, 3.8) is 0 Å². The standard InChI is InChI=1S/C35H36N4O5/c1-8-22-18(2)28-15-33-25(17-40)21(5)27(39-33)13-26-19(3)23(9-11-34(41)43-6)31(37-26)16-32-24(10-12-35(42)44-7)20(4)29(38-32)14-30(22)36-28/h8,13-17,36,40H,1,9-12H2,2-7H3. The minimum atomic E-state index is -0.311. The summed E-state index contributed by atoms with van der Waals surface area (Å²) in [6.45, 7) is 11.9. The minimum absolute atomic E-state index is 0.194. The first-order valence-electron chi connectivity index (χ1n) is 14.4. The number of fused-ring (bicyclic) bond motifs is 5. The van der Waals surface area contributed by atoms with E-state index < -0.39 is 0 Å². The van der Waals surface area contributed by atoms with E-state index >= 15 is 0 Å². The zero-order valence-corrected chi connectivity index (χ0v) is 25.9. The fraction of sp³-hybridized carbons (Fsp3) is 0.286. The lowest BCUT2D eigenvalue weighted by Gasteiger charge is -2.08. The number of H-pyrrole nitrogens is 1. The van der Waals surface area contributed by atoms with Crippen LogP contribution >= 0.6 is 0 Å². The van der Waals surface area contributed by atoms with E-state index in [1.807, 2.05) is 52.0 Å². The van der Waals surface area contributed by atoms with Gasteiger partial charge in [0.25, 0.3) is 0 Å². The summed E-state index contributed by atoms with van der Waals surface area (Å²) in [5.74, 6) is -0.613. The highest BCUT2D eigenvalue weighted by molar-refractivity contribution is 6.25. The predicted molar refractivity (Wildman–Crippen MR) is 174 cm³/mol. The molecule has 0 aromatic carbocycles. The number of methoxy groups -OCH3 is 2. The Morgan fingerprint density at radius 3 is 2.07 bits per heavy atom. The third kappa shape index (κ3) is 5.53. The molecule has 4 aliphatic rings. The number of aliphatic hydroxyl groups is 1. The number of hydrogen-bond donors (Lipinski definition) is 2. The first-order chi connectivity index (χ1) is 21.1. The maximum Gasteiger partial charge on any atom is 0.305 e. The first-order valence-corrected chi connectivity index (χ1v) is 14.4. The SMILES string of the molecule is C=Cc1c(C)c2[nH]c1=CC1=NC(=CC3=NC(=CC4=C(C)C(=CO)C(=N4)C=2)C(C)=C3CCC(=O)OC)C(CCC(=O)OC)=C1C. The Morgan fingerprint density at radius 1 is 0.795 bits per heavy atom. The van der Waals surface area contributed by atoms with Gasteiger partial charge in [0, 0.05) is 34.7 Å². The van der Waals surface area contributed by atoms with Crippen molar-refractivity contribution in [3.05, 3.63) is 97.3 Å². The number of aliphatic imine (C=N–C) groups is 3. The summed E-state index contributed by atoms with van der Waals surface area (Å²) >= 11 is 0. The Hall–Kier alpha value is -5.05. The second-order valence-corrected chi connectivity index (χ2v) is 10.9. The number of rotatable bonds is 7. The molecule has 0 aliphatic carbocycles. The van der Waals surface area contributed by atoms with Gasteiger partial charge in [-0.2, -0.15) is 0 Å². The monoisotopic (exact) mass is 592 g/mol. The number of allylic oxidation sites excluding steroid dienone is 8. The number of aromatic amines is 1. The van der Waals surface area contributed by atoms with Crippen molar-refractivity contribution in [2.24, 2.45) is 15.0 Å². The molecule has 4 aliphatic heterocycles. The van der Waals surface area contributed by atoms with E-state index in [0.717, 1.165) is 61.7 Å². The van der Waals surface area contributed by atoms with Crippen LogP contribution in [0, 0.1) is 6.92 Å². The van der Waals surface area contributed by atoms with Gasteiger partial charge in [0.1, 0.15) is 0 Å². The fourth-order valence-electron chi connectivity index (χ4n) is 5.79. The average molecular weight is 593 g/mol. The van der Waals surface area contributed by atoms with Crippen molar-refractivity contribution in [2.45, 2.75) is 53.4 Å². The highest BCUT2D eigenvalue weighted by Gasteiger charge is 2.27. The lowest BCUT2D eigenvalue weighted by Crippen LogP contribution is -2.15. The van der Waals surface area contributed by atoms with Gasteiger partial charge in [0.05, 0.1) is 54.7 Å². The highest BCUT2D eigenvalue weighted by atomic mass is 16.5. The number of nitrogens with one attached hydrogen (secondary N) is 1. The number of carbonyl (C=O) groups excluding carboxylic acids is 2. The maximum absolute atomic E-state index is 12.1. The van der Waals surface area contributed by atoms with E-state index in [-0.39, 0.29) is 24.8 Å². The number of aromatic nitrogens is 1. The van der Waals surface area contributed by atoms with Crippen molar-refractivity contribution >= 4 is 47.3 Å². The number of hydrogen-bond acceptors (Lipinski definition) is 8. The second-order valence-electron chi connectivity index (χ2n) is 10.9. The first kappa shape index (κ1) is 30.4. The molecule has 0 unspecified atom stereocenters. The van der Waals surface area contributed by atoms with Crippen LogP contribution in [0.2, 0.25) is 0 Å². The Kier molecular flexibility index (Phi) is 8.49. The molecule has 8 bridgehead atoms.